The van der Waals surface area contributed by atoms with E-state index in [1.54, 1.807) is 19.2 Å². The van der Waals surface area contributed by atoms with E-state index in [0.29, 0.717) is 13.2 Å². The molecule has 0 saturated heterocycles. The average Bonchev–Trinajstić information content (AvgIpc) is 2.27. The number of phenols is 1. The second-order valence-electron chi connectivity index (χ2n) is 3.26. The van der Waals surface area contributed by atoms with Gasteiger partial charge in [0.15, 0.2) is 0 Å². The maximum absolute atomic E-state index is 11.6. The minimum Gasteiger partial charge on any atom is -0.507 e. The third-order valence-electron chi connectivity index (χ3n) is 2.01. The molecule has 2 N–H and O–H groups in total. The summed E-state index contributed by atoms with van der Waals surface area (Å²) in [6.07, 6.45) is 0.747. The van der Waals surface area contributed by atoms with Crippen LogP contribution in [0.2, 0.25) is 0 Å². The van der Waals surface area contributed by atoms with E-state index in [4.69, 9.17) is 4.74 Å². The first-order valence-corrected chi connectivity index (χ1v) is 5.70. The fourth-order valence-corrected chi connectivity index (χ4v) is 1.56. The van der Waals surface area contributed by atoms with Gasteiger partial charge in [-0.1, -0.05) is 15.9 Å². The average molecular weight is 288 g/mol. The van der Waals surface area contributed by atoms with Crippen LogP contribution in [-0.4, -0.2) is 31.3 Å². The molecule has 0 fully saturated rings. The van der Waals surface area contributed by atoms with Gasteiger partial charge in [0.25, 0.3) is 5.91 Å². The van der Waals surface area contributed by atoms with E-state index < -0.39 is 0 Å². The van der Waals surface area contributed by atoms with Gasteiger partial charge in [-0.15, -0.1) is 0 Å². The van der Waals surface area contributed by atoms with Gasteiger partial charge in [0.2, 0.25) is 0 Å². The molecule has 0 atom stereocenters. The Morgan fingerprint density at radius 2 is 2.31 bits per heavy atom. The van der Waals surface area contributed by atoms with Crippen molar-refractivity contribution in [2.45, 2.75) is 6.42 Å². The molecule has 1 rings (SSSR count). The minimum atomic E-state index is -0.282. The number of aromatic hydroxyl groups is 1. The second kappa shape index (κ2) is 6.50. The zero-order chi connectivity index (χ0) is 12.0. The zero-order valence-corrected chi connectivity index (χ0v) is 10.6. The van der Waals surface area contributed by atoms with Gasteiger partial charge in [0.1, 0.15) is 5.75 Å². The summed E-state index contributed by atoms with van der Waals surface area (Å²) in [5.41, 5.74) is 0.270. The van der Waals surface area contributed by atoms with Crippen LogP contribution in [0.25, 0.3) is 0 Å². The van der Waals surface area contributed by atoms with Crippen molar-refractivity contribution in [3.8, 4) is 5.75 Å². The highest BCUT2D eigenvalue weighted by Gasteiger charge is 2.10. The quantitative estimate of drug-likeness (QED) is 0.814. The van der Waals surface area contributed by atoms with E-state index in [1.165, 1.54) is 6.07 Å². The Balaban J connectivity index is 2.55. The molecule has 0 aliphatic heterocycles. The molecule has 0 aliphatic carbocycles. The molecule has 4 nitrogen and oxygen atoms in total. The van der Waals surface area contributed by atoms with Crippen LogP contribution in [0.15, 0.2) is 22.7 Å². The maximum Gasteiger partial charge on any atom is 0.255 e. The van der Waals surface area contributed by atoms with Gasteiger partial charge in [0.05, 0.1) is 5.56 Å². The van der Waals surface area contributed by atoms with Gasteiger partial charge in [-0.05, 0) is 24.6 Å². The summed E-state index contributed by atoms with van der Waals surface area (Å²) in [7, 11) is 1.61. The number of phenolic OH excluding ortho intramolecular Hbond substituents is 1. The number of methoxy groups -OCH3 is 1. The van der Waals surface area contributed by atoms with Crippen molar-refractivity contribution in [2.75, 3.05) is 20.3 Å². The van der Waals surface area contributed by atoms with Crippen molar-refractivity contribution >= 4 is 21.8 Å². The summed E-state index contributed by atoms with van der Waals surface area (Å²) in [5, 5.41) is 12.2. The lowest BCUT2D eigenvalue weighted by Crippen LogP contribution is -2.25. The number of halogens is 1. The molecule has 0 aliphatic rings. The van der Waals surface area contributed by atoms with E-state index in [0.717, 1.165) is 10.9 Å². The predicted octanol–water partition coefficient (Wildman–Crippen LogP) is 1.92. The number of carbonyl (C=O) groups excluding carboxylic acids is 1. The Kier molecular flexibility index (Phi) is 5.28. The van der Waals surface area contributed by atoms with Crippen molar-refractivity contribution in [1.29, 1.82) is 0 Å². The van der Waals surface area contributed by atoms with E-state index >= 15 is 0 Å². The first-order chi connectivity index (χ1) is 7.65. The summed E-state index contributed by atoms with van der Waals surface area (Å²) in [4.78, 5) is 11.6. The number of ether oxygens (including phenoxy) is 1. The monoisotopic (exact) mass is 287 g/mol. The molecule has 0 unspecified atom stereocenters. The zero-order valence-electron chi connectivity index (χ0n) is 9.00. The van der Waals surface area contributed by atoms with Crippen LogP contribution in [0.5, 0.6) is 5.75 Å². The van der Waals surface area contributed by atoms with Crippen molar-refractivity contribution in [3.05, 3.63) is 28.2 Å². The van der Waals surface area contributed by atoms with E-state index in [2.05, 4.69) is 21.2 Å². The van der Waals surface area contributed by atoms with Crippen LogP contribution in [0.4, 0.5) is 0 Å². The lowest BCUT2D eigenvalue weighted by molar-refractivity contribution is 0.0946. The largest absolute Gasteiger partial charge is 0.507 e. The molecule has 1 amide bonds. The molecule has 16 heavy (non-hydrogen) atoms. The first kappa shape index (κ1) is 13.0. The van der Waals surface area contributed by atoms with Crippen molar-refractivity contribution in [2.24, 2.45) is 0 Å². The second-order valence-corrected chi connectivity index (χ2v) is 4.18. The van der Waals surface area contributed by atoms with Gasteiger partial charge in [-0.3, -0.25) is 4.79 Å². The molecule has 0 radical (unpaired) electrons. The standard InChI is InChI=1S/C11H14BrNO3/c1-16-6-2-5-13-11(15)9-7-8(12)3-4-10(9)14/h3-4,7,14H,2,5-6H2,1H3,(H,13,15). The summed E-state index contributed by atoms with van der Waals surface area (Å²) in [6, 6.07) is 4.74. The molecular weight excluding hydrogens is 274 g/mol. The number of amides is 1. The molecule has 0 aromatic heterocycles. The molecule has 88 valence electrons. The first-order valence-electron chi connectivity index (χ1n) is 4.91. The highest BCUT2D eigenvalue weighted by Crippen LogP contribution is 2.21. The summed E-state index contributed by atoms with van der Waals surface area (Å²) in [5.74, 6) is -0.303. The molecular formula is C11H14BrNO3. The Morgan fingerprint density at radius 3 is 3.00 bits per heavy atom. The van der Waals surface area contributed by atoms with Gasteiger partial charge < -0.3 is 15.2 Å². The number of benzene rings is 1. The van der Waals surface area contributed by atoms with Crippen LogP contribution in [0.1, 0.15) is 16.8 Å². The maximum atomic E-state index is 11.6. The van der Waals surface area contributed by atoms with Crippen LogP contribution >= 0.6 is 15.9 Å². The van der Waals surface area contributed by atoms with Gasteiger partial charge in [-0.25, -0.2) is 0 Å². The number of hydrogen-bond acceptors (Lipinski definition) is 3. The molecule has 1 aromatic rings. The van der Waals surface area contributed by atoms with Crippen LogP contribution < -0.4 is 5.32 Å². The smallest absolute Gasteiger partial charge is 0.255 e. The molecule has 0 bridgehead atoms. The fourth-order valence-electron chi connectivity index (χ4n) is 1.20. The molecule has 1 aromatic carbocycles. The van der Waals surface area contributed by atoms with Crippen LogP contribution in [0.3, 0.4) is 0 Å². The summed E-state index contributed by atoms with van der Waals surface area (Å²) in [6.45, 7) is 1.13. The minimum absolute atomic E-state index is 0.0209. The van der Waals surface area contributed by atoms with E-state index in [-0.39, 0.29) is 17.2 Å². The fraction of sp³-hybridized carbons (Fsp3) is 0.364. The van der Waals surface area contributed by atoms with Gasteiger partial charge in [0, 0.05) is 24.7 Å². The molecule has 0 heterocycles. The topological polar surface area (TPSA) is 58.6 Å². The van der Waals surface area contributed by atoms with Crippen molar-refractivity contribution < 1.29 is 14.6 Å². The lowest BCUT2D eigenvalue weighted by Gasteiger charge is -2.06. The normalized spacial score (nSPS) is 10.1. The number of rotatable bonds is 5. The van der Waals surface area contributed by atoms with Crippen molar-refractivity contribution in [3.63, 3.8) is 0 Å². The molecule has 5 heteroatoms. The third kappa shape index (κ3) is 3.83. The van der Waals surface area contributed by atoms with Gasteiger partial charge in [-0.2, -0.15) is 0 Å². The lowest BCUT2D eigenvalue weighted by atomic mass is 10.2. The molecule has 0 spiro atoms. The third-order valence-corrected chi connectivity index (χ3v) is 2.51. The Morgan fingerprint density at radius 1 is 1.56 bits per heavy atom. The predicted molar refractivity (Wildman–Crippen MR) is 64.6 cm³/mol. The van der Waals surface area contributed by atoms with E-state index in [9.17, 15) is 9.90 Å². The summed E-state index contributed by atoms with van der Waals surface area (Å²) >= 11 is 3.25. The molecule has 0 saturated carbocycles. The van der Waals surface area contributed by atoms with Gasteiger partial charge >= 0.3 is 0 Å². The van der Waals surface area contributed by atoms with Crippen LogP contribution in [-0.2, 0) is 4.74 Å². The number of carbonyl (C=O) groups is 1. The Bertz CT molecular complexity index is 368. The Hall–Kier alpha value is -1.07. The van der Waals surface area contributed by atoms with E-state index in [1.807, 2.05) is 0 Å². The Labute approximate surface area is 103 Å². The highest BCUT2D eigenvalue weighted by atomic mass is 79.9. The SMILES string of the molecule is COCCCNC(=O)c1cc(Br)ccc1O. The number of nitrogens with one attached hydrogen (secondary N) is 1. The highest BCUT2D eigenvalue weighted by molar-refractivity contribution is 9.10. The van der Waals surface area contributed by atoms with Crippen molar-refractivity contribution in [1.82, 2.24) is 5.32 Å². The van der Waals surface area contributed by atoms with Crippen LogP contribution in [0, 0.1) is 0 Å². The number of hydrogen-bond donors (Lipinski definition) is 2. The summed E-state index contributed by atoms with van der Waals surface area (Å²) < 4.78 is 5.62.